The molecule has 2 aliphatic rings. The molecule has 2 fully saturated rings. The Balaban J connectivity index is 1.68. The van der Waals surface area contributed by atoms with E-state index in [2.05, 4.69) is 11.5 Å². The number of hydrogen-bond donors (Lipinski definition) is 0. The van der Waals surface area contributed by atoms with E-state index in [1.54, 1.807) is 7.11 Å². The second-order valence-electron chi connectivity index (χ2n) is 6.98. The van der Waals surface area contributed by atoms with Crippen molar-refractivity contribution in [3.05, 3.63) is 48.3 Å². The SMILES string of the molecule is COc1ccc(N(C(=O)c2cccn2C2CC2)C(C)C2CC2)cc1. The molecule has 0 aliphatic heterocycles. The van der Waals surface area contributed by atoms with Crippen LogP contribution >= 0.6 is 0 Å². The molecule has 4 rings (SSSR count). The minimum absolute atomic E-state index is 0.108. The third kappa shape index (κ3) is 2.81. The average Bonchev–Trinajstić information content (AvgIpc) is 3.53. The molecule has 4 heteroatoms. The Labute approximate surface area is 143 Å². The van der Waals surface area contributed by atoms with Gasteiger partial charge in [-0.15, -0.1) is 0 Å². The zero-order valence-electron chi connectivity index (χ0n) is 14.3. The van der Waals surface area contributed by atoms with Gasteiger partial charge in [-0.1, -0.05) is 0 Å². The highest BCUT2D eigenvalue weighted by Crippen LogP contribution is 2.39. The molecular formula is C20H24N2O2. The number of ether oxygens (including phenoxy) is 1. The molecule has 2 aliphatic carbocycles. The molecule has 1 amide bonds. The summed E-state index contributed by atoms with van der Waals surface area (Å²) in [7, 11) is 1.66. The quantitative estimate of drug-likeness (QED) is 0.795. The zero-order valence-corrected chi connectivity index (χ0v) is 14.3. The number of carbonyl (C=O) groups excluding carboxylic acids is 1. The number of amides is 1. The molecule has 1 heterocycles. The second-order valence-corrected chi connectivity index (χ2v) is 6.98. The lowest BCUT2D eigenvalue weighted by molar-refractivity contribution is 0.0966. The van der Waals surface area contributed by atoms with Gasteiger partial charge in [0.25, 0.3) is 5.91 Å². The van der Waals surface area contributed by atoms with Crippen molar-refractivity contribution in [1.82, 2.24) is 4.57 Å². The average molecular weight is 324 g/mol. The fourth-order valence-electron chi connectivity index (χ4n) is 3.44. The van der Waals surface area contributed by atoms with Crippen LogP contribution in [0.1, 0.15) is 49.1 Å². The highest BCUT2D eigenvalue weighted by atomic mass is 16.5. The molecular weight excluding hydrogens is 300 g/mol. The summed E-state index contributed by atoms with van der Waals surface area (Å²) >= 11 is 0. The largest absolute Gasteiger partial charge is 0.497 e. The molecule has 1 unspecified atom stereocenters. The van der Waals surface area contributed by atoms with E-state index < -0.39 is 0 Å². The summed E-state index contributed by atoms with van der Waals surface area (Å²) in [4.78, 5) is 15.3. The van der Waals surface area contributed by atoms with Crippen LogP contribution in [0.25, 0.3) is 0 Å². The van der Waals surface area contributed by atoms with Crippen LogP contribution in [0, 0.1) is 5.92 Å². The lowest BCUT2D eigenvalue weighted by Gasteiger charge is -2.30. The van der Waals surface area contributed by atoms with Crippen LogP contribution in [0.3, 0.4) is 0 Å². The number of benzene rings is 1. The van der Waals surface area contributed by atoms with E-state index in [1.807, 2.05) is 47.5 Å². The van der Waals surface area contributed by atoms with Gasteiger partial charge in [-0.2, -0.15) is 0 Å². The Morgan fingerprint density at radius 2 is 1.88 bits per heavy atom. The molecule has 126 valence electrons. The molecule has 1 aromatic heterocycles. The first kappa shape index (κ1) is 15.3. The van der Waals surface area contributed by atoms with E-state index in [1.165, 1.54) is 25.7 Å². The van der Waals surface area contributed by atoms with Crippen LogP contribution in [0.4, 0.5) is 5.69 Å². The molecule has 2 aromatic rings. The molecule has 0 radical (unpaired) electrons. The number of methoxy groups -OCH3 is 1. The fraction of sp³-hybridized carbons (Fsp3) is 0.450. The Kier molecular flexibility index (Phi) is 3.83. The summed E-state index contributed by atoms with van der Waals surface area (Å²) in [5, 5.41) is 0. The van der Waals surface area contributed by atoms with E-state index in [-0.39, 0.29) is 11.9 Å². The van der Waals surface area contributed by atoms with Gasteiger partial charge >= 0.3 is 0 Å². The molecule has 1 atom stereocenters. The molecule has 24 heavy (non-hydrogen) atoms. The van der Waals surface area contributed by atoms with Crippen molar-refractivity contribution in [3.63, 3.8) is 0 Å². The van der Waals surface area contributed by atoms with Crippen LogP contribution in [-0.2, 0) is 0 Å². The van der Waals surface area contributed by atoms with Crippen LogP contribution in [0.5, 0.6) is 5.75 Å². The summed E-state index contributed by atoms with van der Waals surface area (Å²) < 4.78 is 7.40. The molecule has 0 saturated heterocycles. The van der Waals surface area contributed by atoms with E-state index in [9.17, 15) is 4.79 Å². The predicted molar refractivity (Wildman–Crippen MR) is 94.7 cm³/mol. The minimum atomic E-state index is 0.108. The van der Waals surface area contributed by atoms with Crippen molar-refractivity contribution >= 4 is 11.6 Å². The maximum absolute atomic E-state index is 13.4. The first-order valence-corrected chi connectivity index (χ1v) is 8.83. The monoisotopic (exact) mass is 324 g/mol. The summed E-state index contributed by atoms with van der Waals surface area (Å²) in [5.74, 6) is 1.53. The van der Waals surface area contributed by atoms with Crippen LogP contribution in [-0.4, -0.2) is 23.6 Å². The van der Waals surface area contributed by atoms with Crippen molar-refractivity contribution in [1.29, 1.82) is 0 Å². The molecule has 0 N–H and O–H groups in total. The van der Waals surface area contributed by atoms with Crippen molar-refractivity contribution in [2.45, 2.75) is 44.7 Å². The minimum Gasteiger partial charge on any atom is -0.497 e. The topological polar surface area (TPSA) is 34.5 Å². The first-order chi connectivity index (χ1) is 11.7. The highest BCUT2D eigenvalue weighted by molar-refractivity contribution is 6.05. The number of hydrogen-bond acceptors (Lipinski definition) is 2. The first-order valence-electron chi connectivity index (χ1n) is 8.83. The summed E-state index contributed by atoms with van der Waals surface area (Å²) in [6.07, 6.45) is 6.82. The van der Waals surface area contributed by atoms with Gasteiger partial charge in [0.05, 0.1) is 7.11 Å². The number of aromatic nitrogens is 1. The number of anilines is 1. The number of rotatable bonds is 6. The Hall–Kier alpha value is -2.23. The van der Waals surface area contributed by atoms with Crippen LogP contribution in [0.15, 0.2) is 42.6 Å². The normalized spacial score (nSPS) is 18.2. The van der Waals surface area contributed by atoms with E-state index in [0.29, 0.717) is 12.0 Å². The Morgan fingerprint density at radius 1 is 1.17 bits per heavy atom. The molecule has 0 spiro atoms. The van der Waals surface area contributed by atoms with Gasteiger partial charge in [0.15, 0.2) is 0 Å². The lowest BCUT2D eigenvalue weighted by atomic mass is 10.1. The number of nitrogens with zero attached hydrogens (tertiary/aromatic N) is 2. The van der Waals surface area contributed by atoms with Crippen LogP contribution < -0.4 is 9.64 Å². The van der Waals surface area contributed by atoms with Crippen molar-refractivity contribution < 1.29 is 9.53 Å². The third-order valence-corrected chi connectivity index (χ3v) is 5.22. The van der Waals surface area contributed by atoms with Gasteiger partial charge in [0.2, 0.25) is 0 Å². The Bertz CT molecular complexity index is 726. The van der Waals surface area contributed by atoms with Gasteiger partial charge in [0.1, 0.15) is 11.4 Å². The molecule has 2 saturated carbocycles. The predicted octanol–water partition coefficient (Wildman–Crippen LogP) is 4.28. The fourth-order valence-corrected chi connectivity index (χ4v) is 3.44. The van der Waals surface area contributed by atoms with Gasteiger partial charge < -0.3 is 14.2 Å². The second kappa shape index (κ2) is 6.00. The Morgan fingerprint density at radius 3 is 2.46 bits per heavy atom. The number of carbonyl (C=O) groups is 1. The van der Waals surface area contributed by atoms with Crippen molar-refractivity contribution in [2.24, 2.45) is 5.92 Å². The van der Waals surface area contributed by atoms with Gasteiger partial charge in [0, 0.05) is 24.0 Å². The van der Waals surface area contributed by atoms with Gasteiger partial charge in [-0.05, 0) is 74.9 Å². The van der Waals surface area contributed by atoms with Gasteiger partial charge in [-0.25, -0.2) is 0 Å². The lowest BCUT2D eigenvalue weighted by Crippen LogP contribution is -2.41. The molecule has 1 aromatic carbocycles. The summed E-state index contributed by atoms with van der Waals surface area (Å²) in [5.41, 5.74) is 1.75. The highest BCUT2D eigenvalue weighted by Gasteiger charge is 2.37. The maximum atomic E-state index is 13.4. The zero-order chi connectivity index (χ0) is 16.7. The molecule has 0 bridgehead atoms. The van der Waals surface area contributed by atoms with Crippen molar-refractivity contribution in [2.75, 3.05) is 12.0 Å². The third-order valence-electron chi connectivity index (χ3n) is 5.22. The maximum Gasteiger partial charge on any atom is 0.275 e. The van der Waals surface area contributed by atoms with Gasteiger partial charge in [-0.3, -0.25) is 4.79 Å². The van der Waals surface area contributed by atoms with E-state index in [0.717, 1.165) is 17.1 Å². The summed E-state index contributed by atoms with van der Waals surface area (Å²) in [6.45, 7) is 2.17. The standard InChI is InChI=1S/C20H24N2O2/c1-14(15-5-6-15)22(17-9-11-18(24-2)12-10-17)20(23)19-4-3-13-21(19)16-7-8-16/h3-4,9-16H,5-8H2,1-2H3. The molecule has 4 nitrogen and oxygen atoms in total. The van der Waals surface area contributed by atoms with E-state index >= 15 is 0 Å². The van der Waals surface area contributed by atoms with Crippen molar-refractivity contribution in [3.8, 4) is 5.75 Å². The summed E-state index contributed by atoms with van der Waals surface area (Å²) in [6, 6.07) is 12.5. The van der Waals surface area contributed by atoms with Crippen LogP contribution in [0.2, 0.25) is 0 Å². The smallest absolute Gasteiger partial charge is 0.275 e. The van der Waals surface area contributed by atoms with E-state index in [4.69, 9.17) is 4.74 Å².